The summed E-state index contributed by atoms with van der Waals surface area (Å²) >= 11 is 0. The average Bonchev–Trinajstić information content (AvgIpc) is 3.32. The normalized spacial score (nSPS) is 12.9. The van der Waals surface area contributed by atoms with E-state index in [4.69, 9.17) is 4.74 Å². The first-order valence-electron chi connectivity index (χ1n) is 14.1. The molecule has 0 aliphatic carbocycles. The monoisotopic (exact) mass is 583 g/mol. The van der Waals surface area contributed by atoms with Crippen molar-refractivity contribution in [2.45, 2.75) is 60.2 Å². The number of hydrogen-bond acceptors (Lipinski definition) is 7. The maximum absolute atomic E-state index is 13.7. The minimum absolute atomic E-state index is 0.132. The number of likely N-dealkylation sites (N-methyl/N-ethyl adjacent to an activating group) is 2. The molecule has 2 aromatic carbocycles. The Hall–Kier alpha value is -3.99. The standard InChI is InChI=1S/C31H42FN5O5/c1-8-35(30(41)42-31(4,5)6)14-13-33-28(39)19-36(27-16-23(22(3)38)10-9-21(27)2)20-29(40)34(7)37-17-24-11-12-26(32)15-25(24)18-37/h9-12,15-16H,8,13-14,17-20H2,1-7H3,(H,33,39). The number of carbonyl (C=O) groups excluding carboxylic acids is 4. The van der Waals surface area contributed by atoms with Crippen molar-refractivity contribution >= 4 is 29.4 Å². The zero-order valence-corrected chi connectivity index (χ0v) is 25.6. The van der Waals surface area contributed by atoms with Crippen molar-refractivity contribution in [2.75, 3.05) is 44.7 Å². The van der Waals surface area contributed by atoms with E-state index in [2.05, 4.69) is 5.32 Å². The molecule has 0 fully saturated rings. The van der Waals surface area contributed by atoms with Crippen LogP contribution < -0.4 is 10.2 Å². The molecular weight excluding hydrogens is 541 g/mol. The number of anilines is 1. The number of hydrazine groups is 1. The number of amides is 3. The van der Waals surface area contributed by atoms with Crippen LogP contribution in [0.2, 0.25) is 0 Å². The average molecular weight is 584 g/mol. The molecule has 0 atom stereocenters. The Balaban J connectivity index is 1.71. The Bertz CT molecular complexity index is 1330. The van der Waals surface area contributed by atoms with E-state index in [0.717, 1.165) is 16.7 Å². The van der Waals surface area contributed by atoms with Crippen molar-refractivity contribution in [1.29, 1.82) is 0 Å². The molecule has 0 radical (unpaired) electrons. The van der Waals surface area contributed by atoms with Gasteiger partial charge in [0.1, 0.15) is 11.4 Å². The lowest BCUT2D eigenvalue weighted by Gasteiger charge is -2.32. The number of benzene rings is 2. The largest absolute Gasteiger partial charge is 0.444 e. The lowest BCUT2D eigenvalue weighted by atomic mass is 10.1. The number of fused-ring (bicyclic) bond motifs is 1. The van der Waals surface area contributed by atoms with E-state index >= 15 is 0 Å². The minimum Gasteiger partial charge on any atom is -0.444 e. The molecule has 1 N–H and O–H groups in total. The van der Waals surface area contributed by atoms with Crippen LogP contribution in [0.1, 0.15) is 61.7 Å². The summed E-state index contributed by atoms with van der Waals surface area (Å²) in [5.41, 5.74) is 3.00. The number of aryl methyl sites for hydroxylation is 1. The highest BCUT2D eigenvalue weighted by molar-refractivity contribution is 5.96. The highest BCUT2D eigenvalue weighted by atomic mass is 19.1. The maximum atomic E-state index is 13.7. The Morgan fingerprint density at radius 2 is 1.71 bits per heavy atom. The molecule has 0 bridgehead atoms. The molecule has 3 rings (SSSR count). The van der Waals surface area contributed by atoms with E-state index in [1.807, 2.05) is 18.9 Å². The van der Waals surface area contributed by atoms with E-state index in [0.29, 0.717) is 30.9 Å². The SMILES string of the molecule is CCN(CCNC(=O)CN(CC(=O)N(C)N1Cc2ccc(F)cc2C1)c1cc(C(C)=O)ccc1C)C(=O)OC(C)(C)C. The van der Waals surface area contributed by atoms with E-state index in [-0.39, 0.29) is 49.6 Å². The highest BCUT2D eigenvalue weighted by Gasteiger charge is 2.28. The Kier molecular flexibility index (Phi) is 10.7. The first-order chi connectivity index (χ1) is 19.7. The Morgan fingerprint density at radius 1 is 1.02 bits per heavy atom. The third-order valence-electron chi connectivity index (χ3n) is 7.01. The van der Waals surface area contributed by atoms with Crippen molar-refractivity contribution < 1.29 is 28.3 Å². The summed E-state index contributed by atoms with van der Waals surface area (Å²) < 4.78 is 19.1. The molecule has 0 saturated carbocycles. The van der Waals surface area contributed by atoms with Crippen molar-refractivity contribution in [1.82, 2.24) is 20.2 Å². The molecule has 11 heteroatoms. The molecule has 0 spiro atoms. The van der Waals surface area contributed by atoms with Gasteiger partial charge in [-0.25, -0.2) is 14.2 Å². The highest BCUT2D eigenvalue weighted by Crippen LogP contribution is 2.26. The summed E-state index contributed by atoms with van der Waals surface area (Å²) in [7, 11) is 1.65. The number of halogens is 1. The van der Waals surface area contributed by atoms with Crippen LogP contribution in [-0.4, -0.2) is 84.0 Å². The fourth-order valence-corrected chi connectivity index (χ4v) is 4.64. The molecule has 1 aliphatic rings. The van der Waals surface area contributed by atoms with Gasteiger partial charge in [0.05, 0.1) is 13.1 Å². The zero-order chi connectivity index (χ0) is 31.2. The van der Waals surface area contributed by atoms with Gasteiger partial charge in [0.15, 0.2) is 5.78 Å². The van der Waals surface area contributed by atoms with Gasteiger partial charge in [-0.1, -0.05) is 18.2 Å². The van der Waals surface area contributed by atoms with Gasteiger partial charge in [0.25, 0.3) is 5.91 Å². The summed E-state index contributed by atoms with van der Waals surface area (Å²) in [6.07, 6.45) is -0.460. The van der Waals surface area contributed by atoms with Crippen LogP contribution >= 0.6 is 0 Å². The van der Waals surface area contributed by atoms with E-state index < -0.39 is 11.7 Å². The summed E-state index contributed by atoms with van der Waals surface area (Å²) in [6, 6.07) is 9.79. The van der Waals surface area contributed by atoms with Crippen LogP contribution in [0.3, 0.4) is 0 Å². The van der Waals surface area contributed by atoms with Crippen molar-refractivity contribution in [3.8, 4) is 0 Å². The van der Waals surface area contributed by atoms with Gasteiger partial charge in [0.2, 0.25) is 5.91 Å². The molecule has 0 saturated heterocycles. The molecule has 2 aromatic rings. The fraction of sp³-hybridized carbons (Fsp3) is 0.484. The van der Waals surface area contributed by atoms with Crippen molar-refractivity contribution in [3.63, 3.8) is 0 Å². The van der Waals surface area contributed by atoms with Crippen LogP contribution in [-0.2, 0) is 27.4 Å². The first-order valence-corrected chi connectivity index (χ1v) is 14.1. The van der Waals surface area contributed by atoms with Gasteiger partial charge in [-0.3, -0.25) is 19.4 Å². The third kappa shape index (κ3) is 8.75. The summed E-state index contributed by atoms with van der Waals surface area (Å²) in [4.78, 5) is 54.3. The van der Waals surface area contributed by atoms with E-state index in [9.17, 15) is 23.6 Å². The van der Waals surface area contributed by atoms with Crippen molar-refractivity contribution in [2.24, 2.45) is 0 Å². The van der Waals surface area contributed by atoms with Crippen LogP contribution in [0, 0.1) is 12.7 Å². The summed E-state index contributed by atoms with van der Waals surface area (Å²) in [6.45, 7) is 12.0. The number of rotatable bonds is 11. The number of hydrogen-bond donors (Lipinski definition) is 1. The molecule has 228 valence electrons. The molecule has 10 nitrogen and oxygen atoms in total. The number of carbonyl (C=O) groups is 4. The van der Waals surface area contributed by atoms with Crippen LogP contribution in [0.15, 0.2) is 36.4 Å². The van der Waals surface area contributed by atoms with Gasteiger partial charge in [-0.05, 0) is 76.4 Å². The number of nitrogens with zero attached hydrogens (tertiary/aromatic N) is 4. The topological polar surface area (TPSA) is 103 Å². The van der Waals surface area contributed by atoms with Gasteiger partial charge in [0, 0.05) is 51.0 Å². The predicted octanol–water partition coefficient (Wildman–Crippen LogP) is 3.91. The maximum Gasteiger partial charge on any atom is 0.410 e. The third-order valence-corrected chi connectivity index (χ3v) is 7.01. The number of ether oxygens (including phenoxy) is 1. The van der Waals surface area contributed by atoms with E-state index in [1.165, 1.54) is 29.0 Å². The molecule has 1 aliphatic heterocycles. The van der Waals surface area contributed by atoms with Gasteiger partial charge in [-0.15, -0.1) is 0 Å². The van der Waals surface area contributed by atoms with Crippen LogP contribution in [0.4, 0.5) is 14.9 Å². The summed E-state index contributed by atoms with van der Waals surface area (Å²) in [5, 5.41) is 6.14. The van der Waals surface area contributed by atoms with Gasteiger partial charge >= 0.3 is 6.09 Å². The van der Waals surface area contributed by atoms with Crippen LogP contribution in [0.5, 0.6) is 0 Å². The minimum atomic E-state index is -0.631. The second-order valence-electron chi connectivity index (χ2n) is 11.5. The lowest BCUT2D eigenvalue weighted by Crippen LogP contribution is -2.48. The van der Waals surface area contributed by atoms with Crippen molar-refractivity contribution in [3.05, 3.63) is 64.5 Å². The predicted molar refractivity (Wildman–Crippen MR) is 158 cm³/mol. The lowest BCUT2D eigenvalue weighted by molar-refractivity contribution is -0.145. The smallest absolute Gasteiger partial charge is 0.410 e. The first kappa shape index (κ1) is 32.5. The molecule has 3 amide bonds. The van der Waals surface area contributed by atoms with Gasteiger partial charge < -0.3 is 19.9 Å². The molecule has 0 unspecified atom stereocenters. The Labute approximate surface area is 247 Å². The number of nitrogens with one attached hydrogen (secondary N) is 1. The quantitative estimate of drug-likeness (QED) is 0.400. The molecule has 0 aromatic heterocycles. The van der Waals surface area contributed by atoms with E-state index in [1.54, 1.807) is 57.0 Å². The number of Topliss-reactive ketones (excluding diaryl/α,β-unsaturated/α-hetero) is 1. The Morgan fingerprint density at radius 3 is 2.36 bits per heavy atom. The molecule has 42 heavy (non-hydrogen) atoms. The second kappa shape index (κ2) is 13.8. The zero-order valence-electron chi connectivity index (χ0n) is 25.6. The second-order valence-corrected chi connectivity index (χ2v) is 11.5. The summed E-state index contributed by atoms with van der Waals surface area (Å²) in [5.74, 6) is -1.07. The van der Waals surface area contributed by atoms with Gasteiger partial charge in [-0.2, -0.15) is 0 Å². The fourth-order valence-electron chi connectivity index (χ4n) is 4.64. The van der Waals surface area contributed by atoms with Crippen LogP contribution in [0.25, 0.3) is 0 Å². The number of ketones is 1. The molecular formula is C31H42FN5O5. The molecule has 1 heterocycles.